The molecular formula is C12H20N4O. The number of hydrogen-bond acceptors (Lipinski definition) is 3. The van der Waals surface area contributed by atoms with Crippen molar-refractivity contribution >= 4 is 5.96 Å². The third-order valence-corrected chi connectivity index (χ3v) is 2.13. The van der Waals surface area contributed by atoms with E-state index in [1.54, 1.807) is 13.2 Å². The number of nitrogens with one attached hydrogen (secondary N) is 2. The number of hydrogen-bond donors (Lipinski definition) is 2. The van der Waals surface area contributed by atoms with E-state index in [-0.39, 0.29) is 0 Å². The zero-order valence-corrected chi connectivity index (χ0v) is 10.4. The van der Waals surface area contributed by atoms with Crippen molar-refractivity contribution in [3.63, 3.8) is 0 Å². The second kappa shape index (κ2) is 8.52. The molecule has 5 nitrogen and oxygen atoms in total. The summed E-state index contributed by atoms with van der Waals surface area (Å²) in [6.45, 7) is 4.81. The summed E-state index contributed by atoms with van der Waals surface area (Å²) in [6, 6.07) is 5.84. The first-order valence-electron chi connectivity index (χ1n) is 5.79. The Hall–Kier alpha value is -1.62. The summed E-state index contributed by atoms with van der Waals surface area (Å²) in [7, 11) is 1.74. The summed E-state index contributed by atoms with van der Waals surface area (Å²) in [5, 5.41) is 6.34. The van der Waals surface area contributed by atoms with Gasteiger partial charge in [0.15, 0.2) is 5.96 Å². The minimum absolute atomic E-state index is 0.662. The van der Waals surface area contributed by atoms with Crippen molar-refractivity contribution in [2.45, 2.75) is 13.5 Å². The lowest BCUT2D eigenvalue weighted by atomic mass is 10.3. The minimum atomic E-state index is 0.662. The average molecular weight is 236 g/mol. The molecule has 1 heterocycles. The number of aliphatic imine (C=N–C) groups is 1. The van der Waals surface area contributed by atoms with Crippen molar-refractivity contribution in [1.82, 2.24) is 15.6 Å². The lowest BCUT2D eigenvalue weighted by molar-refractivity contribution is 0.152. The van der Waals surface area contributed by atoms with Gasteiger partial charge in [-0.05, 0) is 19.1 Å². The molecule has 0 fully saturated rings. The molecule has 0 amide bonds. The molecule has 0 atom stereocenters. The predicted octanol–water partition coefficient (Wildman–Crippen LogP) is 0.783. The Balaban J connectivity index is 2.24. The van der Waals surface area contributed by atoms with Crippen molar-refractivity contribution in [2.75, 3.05) is 26.8 Å². The van der Waals surface area contributed by atoms with Crippen LogP contribution in [0.1, 0.15) is 12.6 Å². The highest BCUT2D eigenvalue weighted by molar-refractivity contribution is 5.79. The number of nitrogens with zero attached hydrogens (tertiary/aromatic N) is 2. The highest BCUT2D eigenvalue weighted by Gasteiger charge is 1.97. The molecular weight excluding hydrogens is 216 g/mol. The molecule has 0 bridgehead atoms. The first-order chi connectivity index (χ1) is 8.36. The van der Waals surface area contributed by atoms with Crippen LogP contribution in [0.15, 0.2) is 29.4 Å². The third-order valence-electron chi connectivity index (χ3n) is 2.13. The van der Waals surface area contributed by atoms with Gasteiger partial charge < -0.3 is 15.4 Å². The van der Waals surface area contributed by atoms with Crippen LogP contribution in [0.4, 0.5) is 0 Å². The van der Waals surface area contributed by atoms with Crippen LogP contribution in [0.5, 0.6) is 0 Å². The fraction of sp³-hybridized carbons (Fsp3) is 0.500. The van der Waals surface area contributed by atoms with Gasteiger partial charge in [0.25, 0.3) is 0 Å². The van der Waals surface area contributed by atoms with Crippen LogP contribution in [0.25, 0.3) is 0 Å². The zero-order valence-electron chi connectivity index (χ0n) is 10.4. The van der Waals surface area contributed by atoms with Gasteiger partial charge >= 0.3 is 0 Å². The highest BCUT2D eigenvalue weighted by atomic mass is 16.5. The van der Waals surface area contributed by atoms with Gasteiger partial charge in [0.1, 0.15) is 0 Å². The number of aromatic nitrogens is 1. The van der Waals surface area contributed by atoms with Crippen LogP contribution in [0, 0.1) is 0 Å². The number of guanidine groups is 1. The van der Waals surface area contributed by atoms with Crippen molar-refractivity contribution in [1.29, 1.82) is 0 Å². The normalized spacial score (nSPS) is 11.3. The molecule has 0 saturated carbocycles. The van der Waals surface area contributed by atoms with E-state index in [9.17, 15) is 0 Å². The Morgan fingerprint density at radius 3 is 2.94 bits per heavy atom. The van der Waals surface area contributed by atoms with Gasteiger partial charge in [-0.1, -0.05) is 6.07 Å². The Labute approximate surface area is 102 Å². The quantitative estimate of drug-likeness (QED) is 0.435. The van der Waals surface area contributed by atoms with Gasteiger partial charge in [-0.15, -0.1) is 0 Å². The molecule has 1 aromatic rings. The van der Waals surface area contributed by atoms with Crippen LogP contribution < -0.4 is 10.6 Å². The lowest BCUT2D eigenvalue weighted by Gasteiger charge is -2.11. The molecule has 1 rings (SSSR count). The van der Waals surface area contributed by atoms with Gasteiger partial charge in [0.2, 0.25) is 0 Å². The van der Waals surface area contributed by atoms with Gasteiger partial charge in [-0.25, -0.2) is 0 Å². The standard InChI is InChI=1S/C12H20N4O/c1-3-17-9-8-15-12(13-2)16-10-11-6-4-5-7-14-11/h4-7H,3,8-10H2,1-2H3,(H2,13,15,16). The molecule has 0 radical (unpaired) electrons. The predicted molar refractivity (Wildman–Crippen MR) is 68.9 cm³/mol. The molecule has 0 aliphatic carbocycles. The summed E-state index contributed by atoms with van der Waals surface area (Å²) in [6.07, 6.45) is 1.78. The van der Waals surface area contributed by atoms with E-state index >= 15 is 0 Å². The maximum absolute atomic E-state index is 5.23. The molecule has 94 valence electrons. The molecule has 0 aliphatic heterocycles. The van der Waals surface area contributed by atoms with E-state index < -0.39 is 0 Å². The number of rotatable bonds is 6. The van der Waals surface area contributed by atoms with E-state index in [1.807, 2.05) is 25.1 Å². The topological polar surface area (TPSA) is 58.5 Å². The highest BCUT2D eigenvalue weighted by Crippen LogP contribution is 1.91. The van der Waals surface area contributed by atoms with E-state index in [0.29, 0.717) is 13.2 Å². The maximum atomic E-state index is 5.23. The van der Waals surface area contributed by atoms with Crippen molar-refractivity contribution in [3.8, 4) is 0 Å². The first-order valence-corrected chi connectivity index (χ1v) is 5.79. The summed E-state index contributed by atoms with van der Waals surface area (Å²) >= 11 is 0. The van der Waals surface area contributed by atoms with Crippen molar-refractivity contribution < 1.29 is 4.74 Å². The van der Waals surface area contributed by atoms with Crippen LogP contribution >= 0.6 is 0 Å². The van der Waals surface area contributed by atoms with E-state index in [1.165, 1.54) is 0 Å². The molecule has 1 aromatic heterocycles. The van der Waals surface area contributed by atoms with E-state index in [4.69, 9.17) is 4.74 Å². The fourth-order valence-corrected chi connectivity index (χ4v) is 1.28. The first kappa shape index (κ1) is 13.4. The molecule has 0 unspecified atom stereocenters. The lowest BCUT2D eigenvalue weighted by Crippen LogP contribution is -2.38. The number of pyridine rings is 1. The third kappa shape index (κ3) is 5.87. The maximum Gasteiger partial charge on any atom is 0.191 e. The number of ether oxygens (including phenoxy) is 1. The summed E-state index contributed by atoms with van der Waals surface area (Å²) < 4.78 is 5.23. The molecule has 2 N–H and O–H groups in total. The van der Waals surface area contributed by atoms with Crippen molar-refractivity contribution in [2.24, 2.45) is 4.99 Å². The molecule has 0 aromatic carbocycles. The Bertz CT molecular complexity index is 327. The Morgan fingerprint density at radius 1 is 1.41 bits per heavy atom. The van der Waals surface area contributed by atoms with Crippen LogP contribution in [-0.2, 0) is 11.3 Å². The Morgan fingerprint density at radius 2 is 2.29 bits per heavy atom. The molecule has 0 spiro atoms. The van der Waals surface area contributed by atoms with Gasteiger partial charge in [-0.2, -0.15) is 0 Å². The second-order valence-corrected chi connectivity index (χ2v) is 3.37. The SMILES string of the molecule is CCOCCNC(=NC)NCc1ccccn1. The van der Waals surface area contributed by atoms with E-state index in [2.05, 4.69) is 20.6 Å². The molecule has 0 saturated heterocycles. The smallest absolute Gasteiger partial charge is 0.191 e. The summed E-state index contributed by atoms with van der Waals surface area (Å²) in [5.74, 6) is 0.760. The fourth-order valence-electron chi connectivity index (χ4n) is 1.28. The minimum Gasteiger partial charge on any atom is -0.380 e. The van der Waals surface area contributed by atoms with Gasteiger partial charge in [0, 0.05) is 26.4 Å². The van der Waals surface area contributed by atoms with Crippen LogP contribution in [0.3, 0.4) is 0 Å². The summed E-state index contributed by atoms with van der Waals surface area (Å²) in [4.78, 5) is 8.34. The average Bonchev–Trinajstić information content (AvgIpc) is 2.39. The molecule has 0 aliphatic rings. The van der Waals surface area contributed by atoms with Gasteiger partial charge in [-0.3, -0.25) is 9.98 Å². The zero-order chi connectivity index (χ0) is 12.3. The van der Waals surface area contributed by atoms with Crippen LogP contribution in [0.2, 0.25) is 0 Å². The Kier molecular flexibility index (Phi) is 6.74. The molecule has 17 heavy (non-hydrogen) atoms. The van der Waals surface area contributed by atoms with Gasteiger partial charge in [0.05, 0.1) is 18.8 Å². The van der Waals surface area contributed by atoms with Crippen molar-refractivity contribution in [3.05, 3.63) is 30.1 Å². The summed E-state index contributed by atoms with van der Waals surface area (Å²) in [5.41, 5.74) is 0.986. The van der Waals surface area contributed by atoms with Crippen LogP contribution in [-0.4, -0.2) is 37.7 Å². The monoisotopic (exact) mass is 236 g/mol. The largest absolute Gasteiger partial charge is 0.380 e. The second-order valence-electron chi connectivity index (χ2n) is 3.37. The molecule has 5 heteroatoms. The van der Waals surface area contributed by atoms with E-state index in [0.717, 1.165) is 24.8 Å².